The van der Waals surface area contributed by atoms with Crippen LogP contribution in [0.5, 0.6) is 5.75 Å². The van der Waals surface area contributed by atoms with E-state index in [4.69, 9.17) is 9.15 Å². The molecule has 3 aromatic carbocycles. The van der Waals surface area contributed by atoms with Crippen LogP contribution in [-0.4, -0.2) is 16.5 Å². The number of rotatable bonds is 9. The van der Waals surface area contributed by atoms with Crippen molar-refractivity contribution in [2.75, 3.05) is 11.9 Å². The Morgan fingerprint density at radius 3 is 2.16 bits per heavy atom. The maximum absolute atomic E-state index is 12.8. The summed E-state index contributed by atoms with van der Waals surface area (Å²) in [7, 11) is 0. The molecule has 1 aromatic heterocycles. The molecule has 0 fully saturated rings. The van der Waals surface area contributed by atoms with Gasteiger partial charge in [0.1, 0.15) is 5.75 Å². The Hall–Kier alpha value is -3.05. The molecule has 0 saturated heterocycles. The molecule has 0 aliphatic rings. The Morgan fingerprint density at radius 1 is 0.806 bits per heavy atom. The van der Waals surface area contributed by atoms with Crippen LogP contribution in [0, 0.1) is 0 Å². The highest BCUT2D eigenvalue weighted by Crippen LogP contribution is 2.33. The second-order valence-corrected chi connectivity index (χ2v) is 8.05. The van der Waals surface area contributed by atoms with E-state index in [1.165, 1.54) is 0 Å². The van der Waals surface area contributed by atoms with Gasteiger partial charge in [0.15, 0.2) is 5.76 Å². The van der Waals surface area contributed by atoms with Crippen molar-refractivity contribution in [3.8, 4) is 28.3 Å². The van der Waals surface area contributed by atoms with Gasteiger partial charge in [0.05, 0.1) is 18.8 Å². The number of halogens is 1. The van der Waals surface area contributed by atoms with Gasteiger partial charge < -0.3 is 9.15 Å². The molecule has 31 heavy (non-hydrogen) atoms. The summed E-state index contributed by atoms with van der Waals surface area (Å²) in [4.78, 5) is 12.8. The first-order valence-electron chi connectivity index (χ1n) is 10.4. The van der Waals surface area contributed by atoms with Crippen LogP contribution in [0.25, 0.3) is 22.6 Å². The summed E-state index contributed by atoms with van der Waals surface area (Å²) in [6.07, 6.45) is 2.08. The van der Waals surface area contributed by atoms with E-state index >= 15 is 0 Å². The largest absolute Gasteiger partial charge is 0.494 e. The first-order chi connectivity index (χ1) is 15.3. The molecule has 0 N–H and O–H groups in total. The Kier molecular flexibility index (Phi) is 7.05. The van der Waals surface area contributed by atoms with E-state index in [0.717, 1.165) is 46.3 Å². The van der Waals surface area contributed by atoms with Gasteiger partial charge in [-0.1, -0.05) is 76.6 Å². The summed E-state index contributed by atoms with van der Waals surface area (Å²) in [5.74, 6) is 1.01. The Bertz CT molecular complexity index is 1150. The SMILES string of the molecule is O=c1oc(-c2ccc(OCCCCBr)cc2)c(-c2ccccc2)n1Cc1ccccc1. The molecule has 0 saturated carbocycles. The molecule has 0 bridgehead atoms. The first-order valence-corrected chi connectivity index (χ1v) is 11.5. The lowest BCUT2D eigenvalue weighted by Crippen LogP contribution is -2.16. The lowest BCUT2D eigenvalue weighted by molar-refractivity contribution is 0.310. The van der Waals surface area contributed by atoms with Gasteiger partial charge in [-0.2, -0.15) is 0 Å². The van der Waals surface area contributed by atoms with Crippen LogP contribution in [-0.2, 0) is 6.54 Å². The molecule has 0 atom stereocenters. The Morgan fingerprint density at radius 2 is 1.48 bits per heavy atom. The number of unbranched alkanes of at least 4 members (excludes halogenated alkanes) is 1. The van der Waals surface area contributed by atoms with Crippen LogP contribution in [0.2, 0.25) is 0 Å². The van der Waals surface area contributed by atoms with Gasteiger partial charge in [-0.05, 0) is 42.7 Å². The Balaban J connectivity index is 1.69. The quantitative estimate of drug-likeness (QED) is 0.207. The zero-order valence-corrected chi connectivity index (χ0v) is 18.8. The molecule has 158 valence electrons. The lowest BCUT2D eigenvalue weighted by atomic mass is 10.0. The van der Waals surface area contributed by atoms with Crippen molar-refractivity contribution in [1.29, 1.82) is 0 Å². The third kappa shape index (κ3) is 5.17. The van der Waals surface area contributed by atoms with Gasteiger partial charge >= 0.3 is 5.76 Å². The number of alkyl halides is 1. The van der Waals surface area contributed by atoms with E-state index in [-0.39, 0.29) is 5.76 Å². The van der Waals surface area contributed by atoms with Crippen LogP contribution in [0.1, 0.15) is 18.4 Å². The van der Waals surface area contributed by atoms with Crippen LogP contribution in [0.4, 0.5) is 0 Å². The summed E-state index contributed by atoms with van der Waals surface area (Å²) in [6, 6.07) is 27.5. The van der Waals surface area contributed by atoms with Crippen molar-refractivity contribution in [2.45, 2.75) is 19.4 Å². The monoisotopic (exact) mass is 477 g/mol. The van der Waals surface area contributed by atoms with Crippen molar-refractivity contribution < 1.29 is 9.15 Å². The van der Waals surface area contributed by atoms with Gasteiger partial charge in [-0.25, -0.2) is 4.79 Å². The normalized spacial score (nSPS) is 10.9. The molecule has 4 aromatic rings. The number of hydrogen-bond donors (Lipinski definition) is 0. The maximum Gasteiger partial charge on any atom is 0.420 e. The van der Waals surface area contributed by atoms with Gasteiger partial charge in [0.2, 0.25) is 0 Å². The first kappa shape index (κ1) is 21.2. The second-order valence-electron chi connectivity index (χ2n) is 7.25. The molecule has 0 unspecified atom stereocenters. The zero-order chi connectivity index (χ0) is 21.5. The van der Waals surface area contributed by atoms with Crippen molar-refractivity contribution in [3.63, 3.8) is 0 Å². The van der Waals surface area contributed by atoms with Gasteiger partial charge in [0.25, 0.3) is 0 Å². The predicted molar refractivity (Wildman–Crippen MR) is 128 cm³/mol. The van der Waals surface area contributed by atoms with E-state index in [1.54, 1.807) is 4.57 Å². The van der Waals surface area contributed by atoms with E-state index in [2.05, 4.69) is 15.9 Å². The standard InChI is InChI=1S/C26H24BrNO3/c27-17-7-8-18-30-23-15-13-22(14-16-23)25-24(21-11-5-2-6-12-21)28(26(29)31-25)19-20-9-3-1-4-10-20/h1-6,9-16H,7-8,17-19H2. The third-order valence-electron chi connectivity index (χ3n) is 5.04. The van der Waals surface area contributed by atoms with Crippen LogP contribution in [0.3, 0.4) is 0 Å². The second kappa shape index (κ2) is 10.3. The van der Waals surface area contributed by atoms with E-state index in [0.29, 0.717) is 18.9 Å². The molecule has 0 amide bonds. The molecule has 0 radical (unpaired) electrons. The number of ether oxygens (including phenoxy) is 1. The third-order valence-corrected chi connectivity index (χ3v) is 5.60. The Labute approximate surface area is 190 Å². The summed E-state index contributed by atoms with van der Waals surface area (Å²) >= 11 is 3.43. The fourth-order valence-electron chi connectivity index (χ4n) is 3.48. The van der Waals surface area contributed by atoms with Gasteiger partial charge in [0, 0.05) is 16.5 Å². The van der Waals surface area contributed by atoms with E-state index < -0.39 is 0 Å². The smallest absolute Gasteiger partial charge is 0.420 e. The minimum absolute atomic E-state index is 0.368. The zero-order valence-electron chi connectivity index (χ0n) is 17.2. The minimum Gasteiger partial charge on any atom is -0.494 e. The van der Waals surface area contributed by atoms with Crippen molar-refractivity contribution in [2.24, 2.45) is 0 Å². The molecule has 4 rings (SSSR count). The van der Waals surface area contributed by atoms with E-state index in [1.807, 2.05) is 84.9 Å². The summed E-state index contributed by atoms with van der Waals surface area (Å²) in [5.41, 5.74) is 3.60. The number of nitrogens with zero attached hydrogens (tertiary/aromatic N) is 1. The van der Waals surface area contributed by atoms with E-state index in [9.17, 15) is 4.79 Å². The predicted octanol–water partition coefficient (Wildman–Crippen LogP) is 6.38. The molecule has 0 aliphatic heterocycles. The lowest BCUT2D eigenvalue weighted by Gasteiger charge is -2.10. The van der Waals surface area contributed by atoms with Crippen molar-refractivity contribution in [3.05, 3.63) is 101 Å². The molecule has 5 heteroatoms. The highest BCUT2D eigenvalue weighted by molar-refractivity contribution is 9.09. The molecule has 1 heterocycles. The topological polar surface area (TPSA) is 44.4 Å². The number of hydrogen-bond acceptors (Lipinski definition) is 3. The van der Waals surface area contributed by atoms with Crippen molar-refractivity contribution in [1.82, 2.24) is 4.57 Å². The number of aromatic nitrogens is 1. The van der Waals surface area contributed by atoms with Crippen LogP contribution in [0.15, 0.2) is 94.1 Å². The molecule has 0 spiro atoms. The summed E-state index contributed by atoms with van der Waals surface area (Å²) in [6.45, 7) is 1.13. The van der Waals surface area contributed by atoms with Gasteiger partial charge in [-0.3, -0.25) is 4.57 Å². The molecule has 0 aliphatic carbocycles. The highest BCUT2D eigenvalue weighted by Gasteiger charge is 2.20. The minimum atomic E-state index is -0.368. The molecular weight excluding hydrogens is 454 g/mol. The van der Waals surface area contributed by atoms with Crippen LogP contribution < -0.4 is 10.5 Å². The average molecular weight is 478 g/mol. The van der Waals surface area contributed by atoms with Crippen LogP contribution >= 0.6 is 15.9 Å². The average Bonchev–Trinajstić information content (AvgIpc) is 3.14. The summed E-state index contributed by atoms with van der Waals surface area (Å²) < 4.78 is 13.3. The molecule has 4 nitrogen and oxygen atoms in total. The van der Waals surface area contributed by atoms with Crippen molar-refractivity contribution >= 4 is 15.9 Å². The van der Waals surface area contributed by atoms with Gasteiger partial charge in [-0.15, -0.1) is 0 Å². The molecular formula is C26H24BrNO3. The fraction of sp³-hybridized carbons (Fsp3) is 0.192. The summed E-state index contributed by atoms with van der Waals surface area (Å²) in [5, 5.41) is 0.983. The fourth-order valence-corrected chi connectivity index (χ4v) is 3.88. The highest BCUT2D eigenvalue weighted by atomic mass is 79.9. The number of benzene rings is 3. The number of oxazole rings is 1. The maximum atomic E-state index is 12.8.